The van der Waals surface area contributed by atoms with E-state index in [9.17, 15) is 9.59 Å². The van der Waals surface area contributed by atoms with Gasteiger partial charge < -0.3 is 10.2 Å². The first kappa shape index (κ1) is 21.1. The Morgan fingerprint density at radius 3 is 2.17 bits per heavy atom. The summed E-state index contributed by atoms with van der Waals surface area (Å²) in [7, 11) is 0. The van der Waals surface area contributed by atoms with Crippen LogP contribution < -0.4 is 5.32 Å². The van der Waals surface area contributed by atoms with E-state index in [-0.39, 0.29) is 23.9 Å². The number of nitrogens with one attached hydrogen (secondary N) is 1. The SMILES string of the molecule is CC(C)N(Cc1ccccc1)C(=O)CN1CCC(NC(=O)c2ccccc2)CC1. The van der Waals surface area contributed by atoms with E-state index < -0.39 is 0 Å². The Kier molecular flexibility index (Phi) is 7.42. The van der Waals surface area contributed by atoms with Crippen molar-refractivity contribution >= 4 is 11.8 Å². The number of likely N-dealkylation sites (tertiary alicyclic amines) is 1. The van der Waals surface area contributed by atoms with Gasteiger partial charge in [-0.1, -0.05) is 48.5 Å². The van der Waals surface area contributed by atoms with Gasteiger partial charge in [-0.05, 0) is 44.4 Å². The van der Waals surface area contributed by atoms with E-state index in [1.165, 1.54) is 0 Å². The van der Waals surface area contributed by atoms with E-state index >= 15 is 0 Å². The van der Waals surface area contributed by atoms with Gasteiger partial charge in [0.1, 0.15) is 0 Å². The quantitative estimate of drug-likeness (QED) is 0.785. The molecule has 1 aliphatic rings. The van der Waals surface area contributed by atoms with Crippen LogP contribution in [-0.4, -0.2) is 53.3 Å². The Morgan fingerprint density at radius 1 is 1.00 bits per heavy atom. The van der Waals surface area contributed by atoms with Gasteiger partial charge in [-0.3, -0.25) is 14.5 Å². The van der Waals surface area contributed by atoms with Crippen LogP contribution in [0.25, 0.3) is 0 Å². The lowest BCUT2D eigenvalue weighted by atomic mass is 10.0. The van der Waals surface area contributed by atoms with Crippen LogP contribution in [0.15, 0.2) is 60.7 Å². The minimum absolute atomic E-state index is 0.0195. The third kappa shape index (κ3) is 6.16. The molecule has 2 aromatic rings. The maximum absolute atomic E-state index is 12.9. The van der Waals surface area contributed by atoms with E-state index in [4.69, 9.17) is 0 Å². The lowest BCUT2D eigenvalue weighted by molar-refractivity contribution is -0.135. The zero-order chi connectivity index (χ0) is 20.6. The second-order valence-corrected chi connectivity index (χ2v) is 7.99. The molecule has 1 heterocycles. The molecule has 1 saturated heterocycles. The van der Waals surface area contributed by atoms with Gasteiger partial charge >= 0.3 is 0 Å². The molecule has 0 bridgehead atoms. The van der Waals surface area contributed by atoms with E-state index in [2.05, 4.69) is 36.2 Å². The van der Waals surface area contributed by atoms with Crippen molar-refractivity contribution in [2.24, 2.45) is 0 Å². The highest BCUT2D eigenvalue weighted by Crippen LogP contribution is 2.14. The fraction of sp³-hybridized carbons (Fsp3) is 0.417. The molecule has 1 N–H and O–H groups in total. The van der Waals surface area contributed by atoms with Crippen LogP contribution in [0.2, 0.25) is 0 Å². The van der Waals surface area contributed by atoms with Crippen LogP contribution in [-0.2, 0) is 11.3 Å². The minimum atomic E-state index is -0.0195. The number of nitrogens with zero attached hydrogens (tertiary/aromatic N) is 2. The smallest absolute Gasteiger partial charge is 0.251 e. The lowest BCUT2D eigenvalue weighted by Crippen LogP contribution is -2.49. The van der Waals surface area contributed by atoms with Crippen molar-refractivity contribution in [1.82, 2.24) is 15.1 Å². The van der Waals surface area contributed by atoms with Crippen molar-refractivity contribution in [3.63, 3.8) is 0 Å². The summed E-state index contributed by atoms with van der Waals surface area (Å²) >= 11 is 0. The number of piperidine rings is 1. The van der Waals surface area contributed by atoms with Gasteiger partial charge in [-0.15, -0.1) is 0 Å². The largest absolute Gasteiger partial charge is 0.349 e. The highest BCUT2D eigenvalue weighted by Gasteiger charge is 2.25. The summed E-state index contributed by atoms with van der Waals surface area (Å²) in [4.78, 5) is 29.4. The molecule has 1 aliphatic heterocycles. The van der Waals surface area contributed by atoms with Gasteiger partial charge in [0, 0.05) is 37.3 Å². The van der Waals surface area contributed by atoms with Gasteiger partial charge in [-0.25, -0.2) is 0 Å². The number of hydrogen-bond donors (Lipinski definition) is 1. The molecule has 5 nitrogen and oxygen atoms in total. The molecule has 0 saturated carbocycles. The predicted molar refractivity (Wildman–Crippen MR) is 115 cm³/mol. The zero-order valence-electron chi connectivity index (χ0n) is 17.4. The Balaban J connectivity index is 1.47. The first-order valence-corrected chi connectivity index (χ1v) is 10.4. The van der Waals surface area contributed by atoms with E-state index in [0.717, 1.165) is 31.5 Å². The number of rotatable bonds is 7. The molecular weight excluding hydrogens is 362 g/mol. The molecule has 0 spiro atoms. The Morgan fingerprint density at radius 2 is 1.59 bits per heavy atom. The third-order valence-corrected chi connectivity index (χ3v) is 5.46. The fourth-order valence-corrected chi connectivity index (χ4v) is 3.71. The molecule has 0 unspecified atom stereocenters. The highest BCUT2D eigenvalue weighted by atomic mass is 16.2. The molecule has 0 aromatic heterocycles. The predicted octanol–water partition coefficient (Wildman–Crippen LogP) is 3.32. The van der Waals surface area contributed by atoms with Gasteiger partial charge in [0.2, 0.25) is 5.91 Å². The van der Waals surface area contributed by atoms with E-state index in [0.29, 0.717) is 18.7 Å². The second-order valence-electron chi connectivity index (χ2n) is 7.99. The molecule has 5 heteroatoms. The standard InChI is InChI=1S/C24H31N3O2/c1-19(2)27(17-20-9-5-3-6-10-20)23(28)18-26-15-13-22(14-16-26)25-24(29)21-11-7-4-8-12-21/h3-12,19,22H,13-18H2,1-2H3,(H,25,29). The maximum Gasteiger partial charge on any atom is 0.251 e. The molecule has 1 fully saturated rings. The summed E-state index contributed by atoms with van der Waals surface area (Å²) in [6.45, 7) is 6.84. The molecule has 3 rings (SSSR count). The number of carbonyl (C=O) groups excluding carboxylic acids is 2. The fourth-order valence-electron chi connectivity index (χ4n) is 3.71. The van der Waals surface area contributed by atoms with Crippen molar-refractivity contribution in [1.29, 1.82) is 0 Å². The Labute approximate surface area is 173 Å². The van der Waals surface area contributed by atoms with E-state index in [1.54, 1.807) is 0 Å². The molecule has 2 amide bonds. The third-order valence-electron chi connectivity index (χ3n) is 5.46. The summed E-state index contributed by atoms with van der Waals surface area (Å²) < 4.78 is 0. The molecule has 0 radical (unpaired) electrons. The summed E-state index contributed by atoms with van der Waals surface area (Å²) in [6, 6.07) is 19.8. The van der Waals surface area contributed by atoms with Gasteiger partial charge in [0.15, 0.2) is 0 Å². The van der Waals surface area contributed by atoms with Crippen molar-refractivity contribution < 1.29 is 9.59 Å². The van der Waals surface area contributed by atoms with Gasteiger partial charge in [0.05, 0.1) is 6.54 Å². The number of hydrogen-bond acceptors (Lipinski definition) is 3. The summed E-state index contributed by atoms with van der Waals surface area (Å²) in [5.41, 5.74) is 1.84. The maximum atomic E-state index is 12.9. The summed E-state index contributed by atoms with van der Waals surface area (Å²) in [5.74, 6) is 0.143. The van der Waals surface area contributed by atoms with Gasteiger partial charge in [-0.2, -0.15) is 0 Å². The first-order valence-electron chi connectivity index (χ1n) is 10.4. The van der Waals surface area contributed by atoms with Crippen LogP contribution >= 0.6 is 0 Å². The topological polar surface area (TPSA) is 52.7 Å². The first-order chi connectivity index (χ1) is 14.0. The van der Waals surface area contributed by atoms with Crippen LogP contribution in [0, 0.1) is 0 Å². The van der Waals surface area contributed by atoms with Crippen molar-refractivity contribution in [2.75, 3.05) is 19.6 Å². The summed E-state index contributed by atoms with van der Waals surface area (Å²) in [5, 5.41) is 3.12. The van der Waals surface area contributed by atoms with Crippen LogP contribution in [0.3, 0.4) is 0 Å². The molecule has 29 heavy (non-hydrogen) atoms. The highest BCUT2D eigenvalue weighted by molar-refractivity contribution is 5.94. The normalized spacial score (nSPS) is 15.3. The summed E-state index contributed by atoms with van der Waals surface area (Å²) in [6.07, 6.45) is 1.73. The number of carbonyl (C=O) groups is 2. The Bertz CT molecular complexity index is 784. The average Bonchev–Trinajstić information content (AvgIpc) is 2.74. The van der Waals surface area contributed by atoms with Crippen molar-refractivity contribution in [3.05, 3.63) is 71.8 Å². The minimum Gasteiger partial charge on any atom is -0.349 e. The molecule has 154 valence electrons. The molecule has 0 aliphatic carbocycles. The molecule has 0 atom stereocenters. The van der Waals surface area contributed by atoms with Crippen molar-refractivity contribution in [2.45, 2.75) is 45.3 Å². The second kappa shape index (κ2) is 10.2. The molecule has 2 aromatic carbocycles. The van der Waals surface area contributed by atoms with Gasteiger partial charge in [0.25, 0.3) is 5.91 Å². The lowest BCUT2D eigenvalue weighted by Gasteiger charge is -2.34. The zero-order valence-corrected chi connectivity index (χ0v) is 17.4. The van der Waals surface area contributed by atoms with Crippen LogP contribution in [0.5, 0.6) is 0 Å². The molecular formula is C24H31N3O2. The number of benzene rings is 2. The Hall–Kier alpha value is -2.66. The van der Waals surface area contributed by atoms with Crippen LogP contribution in [0.4, 0.5) is 0 Å². The van der Waals surface area contributed by atoms with E-state index in [1.807, 2.05) is 53.4 Å². The monoisotopic (exact) mass is 393 g/mol. The van der Waals surface area contributed by atoms with Crippen molar-refractivity contribution in [3.8, 4) is 0 Å². The van der Waals surface area contributed by atoms with Crippen LogP contribution in [0.1, 0.15) is 42.6 Å². The average molecular weight is 394 g/mol. The number of amides is 2.